The zero-order chi connectivity index (χ0) is 13.8. The van der Waals surface area contributed by atoms with Gasteiger partial charge < -0.3 is 5.11 Å². The van der Waals surface area contributed by atoms with Gasteiger partial charge in [-0.2, -0.15) is 0 Å². The van der Waals surface area contributed by atoms with Gasteiger partial charge in [0.15, 0.2) is 0 Å². The summed E-state index contributed by atoms with van der Waals surface area (Å²) < 4.78 is 1.16. The molecule has 19 heavy (non-hydrogen) atoms. The molecule has 0 aliphatic rings. The van der Waals surface area contributed by atoms with E-state index in [0.29, 0.717) is 12.3 Å². The van der Waals surface area contributed by atoms with Crippen LogP contribution in [0.1, 0.15) is 42.6 Å². The monoisotopic (exact) mass is 366 g/mol. The number of hydrogen-bond donors (Lipinski definition) is 1. The minimum atomic E-state index is -0.431. The second-order valence-electron chi connectivity index (χ2n) is 5.17. The van der Waals surface area contributed by atoms with Crippen molar-refractivity contribution in [2.24, 2.45) is 0 Å². The van der Waals surface area contributed by atoms with E-state index in [1.165, 1.54) is 11.1 Å². The molecule has 0 saturated carbocycles. The molecule has 0 amide bonds. The van der Waals surface area contributed by atoms with E-state index in [4.69, 9.17) is 0 Å². The summed E-state index contributed by atoms with van der Waals surface area (Å²) in [6.45, 7) is 4.38. The van der Waals surface area contributed by atoms with E-state index in [9.17, 15) is 5.11 Å². The molecule has 0 bridgehead atoms. The van der Waals surface area contributed by atoms with Crippen molar-refractivity contribution in [3.63, 3.8) is 0 Å². The Bertz CT molecular complexity index is 531. The third kappa shape index (κ3) is 4.05. The molecule has 0 fully saturated rings. The van der Waals surface area contributed by atoms with Crippen molar-refractivity contribution < 1.29 is 5.11 Å². The van der Waals surface area contributed by atoms with E-state index >= 15 is 0 Å². The van der Waals surface area contributed by atoms with Crippen molar-refractivity contribution >= 4 is 22.6 Å². The van der Waals surface area contributed by atoms with E-state index < -0.39 is 6.10 Å². The maximum Gasteiger partial charge on any atom is 0.0830 e. The Morgan fingerprint density at radius 1 is 1.00 bits per heavy atom. The molecule has 100 valence electrons. The quantitative estimate of drug-likeness (QED) is 0.779. The topological polar surface area (TPSA) is 20.2 Å². The van der Waals surface area contributed by atoms with Crippen LogP contribution in [0.5, 0.6) is 0 Å². The highest BCUT2D eigenvalue weighted by atomic mass is 127. The molecule has 2 heteroatoms. The average molecular weight is 366 g/mol. The molecular formula is C17H19IO. The molecule has 2 rings (SSSR count). The number of halogens is 1. The highest BCUT2D eigenvalue weighted by molar-refractivity contribution is 14.1. The van der Waals surface area contributed by atoms with E-state index in [1.807, 2.05) is 24.3 Å². The van der Waals surface area contributed by atoms with Gasteiger partial charge in [-0.15, -0.1) is 0 Å². The SMILES string of the molecule is CC(C)c1ccc(CC(O)c2cccc(I)c2)cc1. The Kier molecular flexibility index (Phi) is 4.99. The lowest BCUT2D eigenvalue weighted by Crippen LogP contribution is -2.02. The van der Waals surface area contributed by atoms with Gasteiger partial charge in [0.1, 0.15) is 0 Å². The van der Waals surface area contributed by atoms with E-state index in [1.54, 1.807) is 0 Å². The van der Waals surface area contributed by atoms with Gasteiger partial charge in [-0.3, -0.25) is 0 Å². The lowest BCUT2D eigenvalue weighted by molar-refractivity contribution is 0.178. The van der Waals surface area contributed by atoms with E-state index in [0.717, 1.165) is 9.13 Å². The van der Waals surface area contributed by atoms with Crippen LogP contribution in [0.3, 0.4) is 0 Å². The van der Waals surface area contributed by atoms with Gasteiger partial charge in [0, 0.05) is 9.99 Å². The van der Waals surface area contributed by atoms with Crippen molar-refractivity contribution in [1.29, 1.82) is 0 Å². The first kappa shape index (κ1) is 14.5. The fraction of sp³-hybridized carbons (Fsp3) is 0.294. The molecule has 0 aromatic heterocycles. The largest absolute Gasteiger partial charge is 0.388 e. The van der Waals surface area contributed by atoms with Crippen LogP contribution in [0, 0.1) is 3.57 Å². The lowest BCUT2D eigenvalue weighted by atomic mass is 9.97. The highest BCUT2D eigenvalue weighted by Gasteiger charge is 2.09. The van der Waals surface area contributed by atoms with Gasteiger partial charge in [-0.05, 0) is 57.3 Å². The summed E-state index contributed by atoms with van der Waals surface area (Å²) in [5.74, 6) is 0.551. The van der Waals surface area contributed by atoms with Gasteiger partial charge in [0.2, 0.25) is 0 Å². The molecule has 0 radical (unpaired) electrons. The van der Waals surface area contributed by atoms with Crippen LogP contribution >= 0.6 is 22.6 Å². The van der Waals surface area contributed by atoms with Crippen molar-refractivity contribution in [3.8, 4) is 0 Å². The Balaban J connectivity index is 2.08. The molecule has 0 aliphatic carbocycles. The van der Waals surface area contributed by atoms with Crippen molar-refractivity contribution in [3.05, 3.63) is 68.8 Å². The van der Waals surface area contributed by atoms with E-state index in [2.05, 4.69) is 60.7 Å². The number of aliphatic hydroxyl groups is 1. The minimum absolute atomic E-state index is 0.431. The zero-order valence-corrected chi connectivity index (χ0v) is 13.5. The fourth-order valence-corrected chi connectivity index (χ4v) is 2.66. The first-order valence-corrected chi connectivity index (χ1v) is 7.66. The normalized spacial score (nSPS) is 12.7. The maximum absolute atomic E-state index is 10.3. The molecule has 0 heterocycles. The van der Waals surface area contributed by atoms with Crippen LogP contribution in [-0.4, -0.2) is 5.11 Å². The van der Waals surface area contributed by atoms with Gasteiger partial charge in [0.05, 0.1) is 6.10 Å². The average Bonchev–Trinajstić information content (AvgIpc) is 2.39. The second kappa shape index (κ2) is 6.53. The van der Waals surface area contributed by atoms with Gasteiger partial charge in [0.25, 0.3) is 0 Å². The minimum Gasteiger partial charge on any atom is -0.388 e. The summed E-state index contributed by atoms with van der Waals surface area (Å²) in [6.07, 6.45) is 0.234. The Morgan fingerprint density at radius 3 is 2.26 bits per heavy atom. The molecule has 0 aliphatic heterocycles. The molecule has 1 atom stereocenters. The lowest BCUT2D eigenvalue weighted by Gasteiger charge is -2.12. The predicted octanol–water partition coefficient (Wildman–Crippen LogP) is 4.69. The molecule has 1 N–H and O–H groups in total. The summed E-state index contributed by atoms with van der Waals surface area (Å²) >= 11 is 2.27. The third-order valence-corrected chi connectivity index (χ3v) is 3.98. The number of aliphatic hydroxyl groups excluding tert-OH is 1. The summed E-state index contributed by atoms with van der Waals surface area (Å²) in [7, 11) is 0. The molecule has 0 saturated heterocycles. The summed E-state index contributed by atoms with van der Waals surface area (Å²) in [4.78, 5) is 0. The Hall–Kier alpha value is -0.870. The first-order chi connectivity index (χ1) is 9.06. The van der Waals surface area contributed by atoms with Gasteiger partial charge in [-0.1, -0.05) is 50.2 Å². The number of hydrogen-bond acceptors (Lipinski definition) is 1. The van der Waals surface area contributed by atoms with Crippen molar-refractivity contribution in [2.45, 2.75) is 32.3 Å². The number of benzene rings is 2. The number of rotatable bonds is 4. The van der Waals surface area contributed by atoms with Crippen LogP contribution in [-0.2, 0) is 6.42 Å². The second-order valence-corrected chi connectivity index (χ2v) is 6.42. The maximum atomic E-state index is 10.3. The molecule has 2 aromatic carbocycles. The van der Waals surface area contributed by atoms with Gasteiger partial charge in [-0.25, -0.2) is 0 Å². The molecule has 2 aromatic rings. The van der Waals surface area contributed by atoms with Crippen LogP contribution in [0.2, 0.25) is 0 Å². The standard InChI is InChI=1S/C17H19IO/c1-12(2)14-8-6-13(7-9-14)10-17(19)15-4-3-5-16(18)11-15/h3-9,11-12,17,19H,10H2,1-2H3. The predicted molar refractivity (Wildman–Crippen MR) is 88.4 cm³/mol. The third-order valence-electron chi connectivity index (χ3n) is 3.31. The van der Waals surface area contributed by atoms with Crippen LogP contribution in [0.15, 0.2) is 48.5 Å². The van der Waals surface area contributed by atoms with Crippen LogP contribution < -0.4 is 0 Å². The molecule has 0 spiro atoms. The van der Waals surface area contributed by atoms with Crippen molar-refractivity contribution in [1.82, 2.24) is 0 Å². The molecule has 1 nitrogen and oxygen atoms in total. The van der Waals surface area contributed by atoms with E-state index in [-0.39, 0.29) is 0 Å². The zero-order valence-electron chi connectivity index (χ0n) is 11.3. The molecule has 1 unspecified atom stereocenters. The summed E-state index contributed by atoms with van der Waals surface area (Å²) in [6, 6.07) is 16.6. The van der Waals surface area contributed by atoms with Crippen LogP contribution in [0.25, 0.3) is 0 Å². The Morgan fingerprint density at radius 2 is 1.68 bits per heavy atom. The highest BCUT2D eigenvalue weighted by Crippen LogP contribution is 2.21. The van der Waals surface area contributed by atoms with Gasteiger partial charge >= 0.3 is 0 Å². The fourth-order valence-electron chi connectivity index (χ4n) is 2.09. The summed E-state index contributed by atoms with van der Waals surface area (Å²) in [5.41, 5.74) is 3.50. The summed E-state index contributed by atoms with van der Waals surface area (Å²) in [5, 5.41) is 10.3. The van der Waals surface area contributed by atoms with Crippen LogP contribution in [0.4, 0.5) is 0 Å². The smallest absolute Gasteiger partial charge is 0.0830 e. The first-order valence-electron chi connectivity index (χ1n) is 6.58. The molecular weight excluding hydrogens is 347 g/mol. The Labute approximate surface area is 128 Å². The van der Waals surface area contributed by atoms with Crippen molar-refractivity contribution in [2.75, 3.05) is 0 Å².